The van der Waals surface area contributed by atoms with Gasteiger partial charge in [0.1, 0.15) is 0 Å². The van der Waals surface area contributed by atoms with Crippen LogP contribution in [0, 0.1) is 0 Å². The minimum atomic E-state index is 0.678. The fourth-order valence-electron chi connectivity index (χ4n) is 1.91. The third-order valence-electron chi connectivity index (χ3n) is 2.94. The quantitative estimate of drug-likeness (QED) is 0.873. The van der Waals surface area contributed by atoms with Crippen LogP contribution in [-0.4, -0.2) is 17.0 Å². The van der Waals surface area contributed by atoms with E-state index in [9.17, 15) is 0 Å². The van der Waals surface area contributed by atoms with Gasteiger partial charge in [-0.15, -0.1) is 0 Å². The number of aliphatic imine (C=N–C) groups is 1. The van der Waals surface area contributed by atoms with E-state index in [4.69, 9.17) is 0 Å². The molecule has 1 aliphatic rings. The summed E-state index contributed by atoms with van der Waals surface area (Å²) in [5.74, 6) is 0. The Kier molecular flexibility index (Phi) is 4.49. The first-order valence-corrected chi connectivity index (χ1v) is 7.26. The van der Waals surface area contributed by atoms with Gasteiger partial charge in [0, 0.05) is 10.9 Å². The van der Waals surface area contributed by atoms with Crippen LogP contribution >= 0.6 is 11.8 Å². The Labute approximate surface area is 108 Å². The summed E-state index contributed by atoms with van der Waals surface area (Å²) in [5.41, 5.74) is 2.52. The van der Waals surface area contributed by atoms with E-state index in [2.05, 4.69) is 48.4 Å². The fraction of sp³-hybridized carbons (Fsp3) is 0.500. The fourth-order valence-corrected chi connectivity index (χ4v) is 3.05. The highest BCUT2D eigenvalue weighted by Crippen LogP contribution is 2.25. The Morgan fingerprint density at radius 2 is 2.06 bits per heavy atom. The van der Waals surface area contributed by atoms with E-state index in [1.807, 2.05) is 11.8 Å². The lowest BCUT2D eigenvalue weighted by atomic mass is 10.1. The Bertz CT molecular complexity index is 384. The van der Waals surface area contributed by atoms with Gasteiger partial charge < -0.3 is 5.32 Å². The maximum atomic E-state index is 4.54. The van der Waals surface area contributed by atoms with Crippen LogP contribution in [0.3, 0.4) is 0 Å². The number of benzene rings is 1. The van der Waals surface area contributed by atoms with Gasteiger partial charge in [-0.25, -0.2) is 0 Å². The summed E-state index contributed by atoms with van der Waals surface area (Å²) in [5, 5.41) is 5.15. The molecule has 92 valence electrons. The molecule has 0 aromatic heterocycles. The van der Waals surface area contributed by atoms with E-state index in [0.29, 0.717) is 5.25 Å². The van der Waals surface area contributed by atoms with Gasteiger partial charge in [-0.2, -0.15) is 0 Å². The van der Waals surface area contributed by atoms with E-state index >= 15 is 0 Å². The maximum Gasteiger partial charge on any atom is 0.161 e. The predicted molar refractivity (Wildman–Crippen MR) is 78.0 cm³/mol. The average Bonchev–Trinajstić information content (AvgIpc) is 2.78. The molecule has 1 aromatic carbocycles. The Hall–Kier alpha value is -0.960. The highest BCUT2D eigenvalue weighted by molar-refractivity contribution is 8.15. The largest absolute Gasteiger partial charge is 0.335 e. The minimum absolute atomic E-state index is 0.678. The van der Waals surface area contributed by atoms with Gasteiger partial charge in [0.2, 0.25) is 0 Å². The van der Waals surface area contributed by atoms with Gasteiger partial charge in [-0.05, 0) is 30.5 Å². The zero-order valence-corrected chi connectivity index (χ0v) is 11.4. The lowest BCUT2D eigenvalue weighted by Gasteiger charge is -2.08. The highest BCUT2D eigenvalue weighted by atomic mass is 32.2. The smallest absolute Gasteiger partial charge is 0.161 e. The second-order valence-corrected chi connectivity index (χ2v) is 5.64. The third-order valence-corrected chi connectivity index (χ3v) is 4.11. The Balaban J connectivity index is 1.89. The molecule has 0 fully saturated rings. The van der Waals surface area contributed by atoms with Gasteiger partial charge >= 0.3 is 0 Å². The maximum absolute atomic E-state index is 4.54. The van der Waals surface area contributed by atoms with Gasteiger partial charge in [0.15, 0.2) is 5.17 Å². The molecule has 0 bridgehead atoms. The number of nitrogens with zero attached hydrogens (tertiary/aromatic N) is 1. The van der Waals surface area contributed by atoms with Crippen molar-refractivity contribution in [3.05, 3.63) is 29.8 Å². The second-order valence-electron chi connectivity index (χ2n) is 4.35. The van der Waals surface area contributed by atoms with Crippen molar-refractivity contribution in [3.63, 3.8) is 0 Å². The summed E-state index contributed by atoms with van der Waals surface area (Å²) < 4.78 is 0. The predicted octanol–water partition coefficient (Wildman–Crippen LogP) is 3.93. The van der Waals surface area contributed by atoms with Crippen LogP contribution in [0.2, 0.25) is 0 Å². The van der Waals surface area contributed by atoms with E-state index in [1.54, 1.807) is 0 Å². The van der Waals surface area contributed by atoms with E-state index in [-0.39, 0.29) is 0 Å². The number of aryl methyl sites for hydroxylation is 1. The number of rotatable bonds is 4. The average molecular weight is 248 g/mol. The first-order chi connectivity index (χ1) is 8.31. The zero-order chi connectivity index (χ0) is 12.1. The molecule has 1 aromatic rings. The number of hydrogen-bond donors (Lipinski definition) is 1. The third kappa shape index (κ3) is 3.50. The monoisotopic (exact) mass is 248 g/mol. The lowest BCUT2D eigenvalue weighted by molar-refractivity contribution is 0.754. The Morgan fingerprint density at radius 3 is 2.71 bits per heavy atom. The van der Waals surface area contributed by atoms with E-state index < -0.39 is 0 Å². The molecule has 2 nitrogen and oxygen atoms in total. The molecule has 2 rings (SSSR count). The number of hydrogen-bond acceptors (Lipinski definition) is 3. The molecule has 0 aliphatic carbocycles. The van der Waals surface area contributed by atoms with Crippen LogP contribution in [0.5, 0.6) is 0 Å². The molecule has 0 radical (unpaired) electrons. The van der Waals surface area contributed by atoms with Gasteiger partial charge in [0.05, 0.1) is 6.54 Å². The van der Waals surface area contributed by atoms with Crippen LogP contribution < -0.4 is 5.32 Å². The van der Waals surface area contributed by atoms with Crippen LogP contribution in [0.4, 0.5) is 5.69 Å². The van der Waals surface area contributed by atoms with Gasteiger partial charge in [-0.1, -0.05) is 44.2 Å². The molecular weight excluding hydrogens is 228 g/mol. The first-order valence-electron chi connectivity index (χ1n) is 6.39. The van der Waals surface area contributed by atoms with Crippen molar-refractivity contribution in [1.82, 2.24) is 0 Å². The lowest BCUT2D eigenvalue weighted by Crippen LogP contribution is -2.07. The van der Waals surface area contributed by atoms with E-state index in [0.717, 1.165) is 23.8 Å². The second kappa shape index (κ2) is 6.10. The normalized spacial score (nSPS) is 19.2. The molecule has 0 spiro atoms. The Morgan fingerprint density at radius 1 is 1.29 bits per heavy atom. The molecular formula is C14H20N2S. The number of thioether (sulfide) groups is 1. The van der Waals surface area contributed by atoms with Crippen molar-refractivity contribution in [2.45, 2.75) is 38.4 Å². The van der Waals surface area contributed by atoms with Crippen molar-refractivity contribution >= 4 is 22.6 Å². The molecule has 1 aliphatic heterocycles. The molecule has 1 unspecified atom stereocenters. The molecule has 17 heavy (non-hydrogen) atoms. The van der Waals surface area contributed by atoms with Crippen molar-refractivity contribution in [2.24, 2.45) is 4.99 Å². The summed E-state index contributed by atoms with van der Waals surface area (Å²) in [7, 11) is 0. The summed E-state index contributed by atoms with van der Waals surface area (Å²) in [6.45, 7) is 5.37. The van der Waals surface area contributed by atoms with Gasteiger partial charge in [-0.3, -0.25) is 4.99 Å². The minimum Gasteiger partial charge on any atom is -0.335 e. The summed E-state index contributed by atoms with van der Waals surface area (Å²) in [6.07, 6.45) is 3.59. The SMILES string of the molecule is CCCC1CN=C(Nc2ccc(CC)cc2)S1. The number of nitrogens with one attached hydrogen (secondary N) is 1. The standard InChI is InChI=1S/C14H20N2S/c1-3-5-13-10-15-14(17-13)16-12-8-6-11(4-2)7-9-12/h6-9,13H,3-5,10H2,1-2H3,(H,15,16). The van der Waals surface area contributed by atoms with Crippen molar-refractivity contribution in [2.75, 3.05) is 11.9 Å². The van der Waals surface area contributed by atoms with E-state index in [1.165, 1.54) is 18.4 Å². The van der Waals surface area contributed by atoms with Crippen molar-refractivity contribution < 1.29 is 0 Å². The highest BCUT2D eigenvalue weighted by Gasteiger charge is 2.18. The number of anilines is 1. The molecule has 1 heterocycles. The molecule has 0 amide bonds. The molecule has 0 saturated carbocycles. The molecule has 1 atom stereocenters. The van der Waals surface area contributed by atoms with Crippen LogP contribution in [-0.2, 0) is 6.42 Å². The molecule has 3 heteroatoms. The van der Waals surface area contributed by atoms with Crippen molar-refractivity contribution in [1.29, 1.82) is 0 Å². The van der Waals surface area contributed by atoms with Crippen LogP contribution in [0.25, 0.3) is 0 Å². The molecule has 0 saturated heterocycles. The van der Waals surface area contributed by atoms with Gasteiger partial charge in [0.25, 0.3) is 0 Å². The summed E-state index contributed by atoms with van der Waals surface area (Å²) in [4.78, 5) is 4.54. The number of amidine groups is 1. The first kappa shape index (κ1) is 12.5. The van der Waals surface area contributed by atoms with Crippen molar-refractivity contribution in [3.8, 4) is 0 Å². The summed E-state index contributed by atoms with van der Waals surface area (Å²) >= 11 is 1.88. The topological polar surface area (TPSA) is 24.4 Å². The summed E-state index contributed by atoms with van der Waals surface area (Å²) in [6, 6.07) is 8.61. The van der Waals surface area contributed by atoms with Crippen LogP contribution in [0.1, 0.15) is 32.3 Å². The van der Waals surface area contributed by atoms with Crippen LogP contribution in [0.15, 0.2) is 29.3 Å². The zero-order valence-electron chi connectivity index (χ0n) is 10.6. The molecule has 1 N–H and O–H groups in total.